The lowest BCUT2D eigenvalue weighted by Crippen LogP contribution is -2.51. The highest BCUT2D eigenvalue weighted by Crippen LogP contribution is 2.38. The molecule has 0 spiro atoms. The fourth-order valence-corrected chi connectivity index (χ4v) is 5.06. The molecule has 2 fully saturated rings. The summed E-state index contributed by atoms with van der Waals surface area (Å²) in [4.78, 5) is 27.9. The van der Waals surface area contributed by atoms with Gasteiger partial charge in [0.05, 0.1) is 58.9 Å². The highest BCUT2D eigenvalue weighted by atomic mass is 16.6. The smallest absolute Gasteiger partial charge is 0.244 e. The number of fused-ring (bicyclic) bond motifs is 1. The molecule has 39 heavy (non-hydrogen) atoms. The molecule has 1 aromatic rings. The van der Waals surface area contributed by atoms with E-state index in [9.17, 15) is 14.7 Å². The molecule has 4 N–H and O–H groups in total. The van der Waals surface area contributed by atoms with Crippen molar-refractivity contribution < 1.29 is 33.6 Å². The Hall–Kier alpha value is -2.16. The van der Waals surface area contributed by atoms with E-state index in [1.54, 1.807) is 4.90 Å². The molecule has 3 heterocycles. The number of piperazine rings is 1. The molecular formula is C27H43N5O7. The second-order valence-electron chi connectivity index (χ2n) is 9.85. The topological polar surface area (TPSA) is 134 Å². The molecule has 0 radical (unpaired) electrons. The predicted molar refractivity (Wildman–Crippen MR) is 144 cm³/mol. The summed E-state index contributed by atoms with van der Waals surface area (Å²) >= 11 is 0. The standard InChI is InChI=1S/C27H43N5O7/c33-25-5-4-24(26(34)30-25)32-20-22-21(27(32)35)2-1-3-23(22)29-8-12-36-14-16-38-18-19-39-17-15-37-13-11-31-9-6-28-7-10-31/h1-3,24,27-29,35H,4-20H2,(H,30,33,34). The fraction of sp³-hybridized carbons (Fsp3) is 0.704. The molecule has 2 amide bonds. The maximum absolute atomic E-state index is 12.3. The highest BCUT2D eigenvalue weighted by molar-refractivity contribution is 6.00. The molecule has 0 aliphatic carbocycles. The average molecular weight is 550 g/mol. The van der Waals surface area contributed by atoms with Crippen LogP contribution in [0.4, 0.5) is 5.69 Å². The number of carbonyl (C=O) groups excluding carboxylic acids is 2. The van der Waals surface area contributed by atoms with Gasteiger partial charge in [-0.05, 0) is 18.1 Å². The number of hydrogen-bond acceptors (Lipinski definition) is 11. The molecule has 12 heteroatoms. The normalized spacial score (nSPS) is 22.2. The van der Waals surface area contributed by atoms with Gasteiger partial charge < -0.3 is 34.7 Å². The highest BCUT2D eigenvalue weighted by Gasteiger charge is 2.40. The number of ether oxygens (including phenoxy) is 4. The number of aliphatic hydroxyl groups is 1. The molecule has 0 aromatic heterocycles. The van der Waals surface area contributed by atoms with Crippen LogP contribution >= 0.6 is 0 Å². The van der Waals surface area contributed by atoms with Crippen LogP contribution in [0.2, 0.25) is 0 Å². The van der Waals surface area contributed by atoms with Crippen LogP contribution in [0, 0.1) is 0 Å². The number of amides is 2. The van der Waals surface area contributed by atoms with Crippen molar-refractivity contribution in [1.82, 2.24) is 20.4 Å². The van der Waals surface area contributed by atoms with Gasteiger partial charge in [0.15, 0.2) is 0 Å². The first-order valence-corrected chi connectivity index (χ1v) is 14.0. The molecule has 3 aliphatic heterocycles. The lowest BCUT2D eigenvalue weighted by molar-refractivity contribution is -0.141. The van der Waals surface area contributed by atoms with Crippen LogP contribution in [-0.2, 0) is 35.1 Å². The molecule has 4 rings (SSSR count). The minimum absolute atomic E-state index is 0.263. The lowest BCUT2D eigenvalue weighted by atomic mass is 10.0. The van der Waals surface area contributed by atoms with Gasteiger partial charge in [-0.2, -0.15) is 0 Å². The Morgan fingerprint density at radius 2 is 1.59 bits per heavy atom. The van der Waals surface area contributed by atoms with Crippen LogP contribution in [0.25, 0.3) is 0 Å². The van der Waals surface area contributed by atoms with Gasteiger partial charge in [-0.15, -0.1) is 0 Å². The van der Waals surface area contributed by atoms with Crippen LogP contribution in [0.3, 0.4) is 0 Å². The van der Waals surface area contributed by atoms with Crippen LogP contribution < -0.4 is 16.0 Å². The minimum Gasteiger partial charge on any atom is -0.382 e. The Kier molecular flexibility index (Phi) is 12.4. The van der Waals surface area contributed by atoms with Crippen molar-refractivity contribution >= 4 is 17.5 Å². The third kappa shape index (κ3) is 9.19. The molecule has 2 saturated heterocycles. The molecule has 0 bridgehead atoms. The number of anilines is 1. The number of benzene rings is 1. The van der Waals surface area contributed by atoms with Crippen LogP contribution in [0.5, 0.6) is 0 Å². The van der Waals surface area contributed by atoms with Gasteiger partial charge in [0, 0.05) is 63.5 Å². The molecule has 3 aliphatic rings. The first-order chi connectivity index (χ1) is 19.1. The van der Waals surface area contributed by atoms with Gasteiger partial charge in [0.2, 0.25) is 11.8 Å². The number of nitrogens with one attached hydrogen (secondary N) is 3. The maximum Gasteiger partial charge on any atom is 0.244 e. The summed E-state index contributed by atoms with van der Waals surface area (Å²) in [7, 11) is 0. The molecule has 2 unspecified atom stereocenters. The summed E-state index contributed by atoms with van der Waals surface area (Å²) in [6.45, 7) is 10.7. The van der Waals surface area contributed by atoms with Gasteiger partial charge in [-0.3, -0.25) is 24.7 Å². The van der Waals surface area contributed by atoms with E-state index in [0.29, 0.717) is 65.8 Å². The average Bonchev–Trinajstić information content (AvgIpc) is 3.28. The Morgan fingerprint density at radius 3 is 2.28 bits per heavy atom. The zero-order valence-corrected chi connectivity index (χ0v) is 22.7. The summed E-state index contributed by atoms with van der Waals surface area (Å²) in [6.07, 6.45) is -0.188. The van der Waals surface area contributed by atoms with E-state index in [-0.39, 0.29) is 18.2 Å². The number of nitrogens with zero attached hydrogens (tertiary/aromatic N) is 2. The van der Waals surface area contributed by atoms with E-state index in [0.717, 1.165) is 56.1 Å². The number of piperidine rings is 1. The monoisotopic (exact) mass is 549 g/mol. The summed E-state index contributed by atoms with van der Waals surface area (Å²) < 4.78 is 22.4. The first kappa shape index (κ1) is 29.8. The largest absolute Gasteiger partial charge is 0.382 e. The van der Waals surface area contributed by atoms with E-state index >= 15 is 0 Å². The Labute approximate surface area is 230 Å². The Bertz CT molecular complexity index is 915. The van der Waals surface area contributed by atoms with Crippen molar-refractivity contribution in [2.24, 2.45) is 0 Å². The first-order valence-electron chi connectivity index (χ1n) is 14.0. The summed E-state index contributed by atoms with van der Waals surface area (Å²) in [5.74, 6) is -0.609. The van der Waals surface area contributed by atoms with Crippen LogP contribution in [-0.4, -0.2) is 125 Å². The number of hydrogen-bond donors (Lipinski definition) is 4. The number of aliphatic hydroxyl groups excluding tert-OH is 1. The third-order valence-corrected chi connectivity index (χ3v) is 7.20. The van der Waals surface area contributed by atoms with Gasteiger partial charge in [0.1, 0.15) is 6.23 Å². The molecule has 2 atom stereocenters. The zero-order valence-electron chi connectivity index (χ0n) is 22.7. The maximum atomic E-state index is 12.3. The Morgan fingerprint density at radius 1 is 0.923 bits per heavy atom. The molecule has 1 aromatic carbocycles. The molecule has 12 nitrogen and oxygen atoms in total. The van der Waals surface area contributed by atoms with Crippen LogP contribution in [0.15, 0.2) is 18.2 Å². The van der Waals surface area contributed by atoms with E-state index in [2.05, 4.69) is 20.9 Å². The van der Waals surface area contributed by atoms with Crippen molar-refractivity contribution in [2.45, 2.75) is 31.7 Å². The molecular weight excluding hydrogens is 506 g/mol. The van der Waals surface area contributed by atoms with E-state index in [1.165, 1.54) is 0 Å². The van der Waals surface area contributed by atoms with Gasteiger partial charge >= 0.3 is 0 Å². The zero-order chi connectivity index (χ0) is 27.3. The van der Waals surface area contributed by atoms with Gasteiger partial charge in [-0.25, -0.2) is 0 Å². The van der Waals surface area contributed by atoms with Gasteiger partial charge in [-0.1, -0.05) is 12.1 Å². The quantitative estimate of drug-likeness (QED) is 0.151. The lowest BCUT2D eigenvalue weighted by Gasteiger charge is -2.31. The second kappa shape index (κ2) is 16.2. The summed E-state index contributed by atoms with van der Waals surface area (Å²) in [5.41, 5.74) is 2.65. The van der Waals surface area contributed by atoms with Crippen molar-refractivity contribution in [3.63, 3.8) is 0 Å². The SMILES string of the molecule is O=C1CCC(N2Cc3c(NCCOCCOCCOCCOCCN4CCNCC4)cccc3C2O)C(=O)N1. The van der Waals surface area contributed by atoms with Crippen molar-refractivity contribution in [3.05, 3.63) is 29.3 Å². The van der Waals surface area contributed by atoms with Crippen molar-refractivity contribution in [2.75, 3.05) is 97.4 Å². The Balaban J connectivity index is 0.998. The van der Waals surface area contributed by atoms with E-state index < -0.39 is 12.3 Å². The molecule has 0 saturated carbocycles. The van der Waals surface area contributed by atoms with Crippen LogP contribution in [0.1, 0.15) is 30.2 Å². The third-order valence-electron chi connectivity index (χ3n) is 7.20. The number of rotatable bonds is 17. The van der Waals surface area contributed by atoms with E-state index in [4.69, 9.17) is 18.9 Å². The van der Waals surface area contributed by atoms with E-state index in [1.807, 2.05) is 18.2 Å². The number of carbonyl (C=O) groups is 2. The number of imide groups is 1. The summed E-state index contributed by atoms with van der Waals surface area (Å²) in [6, 6.07) is 5.19. The summed E-state index contributed by atoms with van der Waals surface area (Å²) in [5, 5.41) is 19.9. The van der Waals surface area contributed by atoms with Crippen molar-refractivity contribution in [1.29, 1.82) is 0 Å². The predicted octanol–water partition coefficient (Wildman–Crippen LogP) is -0.318. The molecule has 218 valence electrons. The van der Waals surface area contributed by atoms with Crippen molar-refractivity contribution in [3.8, 4) is 0 Å². The second-order valence-corrected chi connectivity index (χ2v) is 9.85. The van der Waals surface area contributed by atoms with Gasteiger partial charge in [0.25, 0.3) is 0 Å². The minimum atomic E-state index is -0.877. The fourth-order valence-electron chi connectivity index (χ4n) is 5.06.